The van der Waals surface area contributed by atoms with Gasteiger partial charge in [0.05, 0.1) is 16.8 Å². The van der Waals surface area contributed by atoms with Gasteiger partial charge in [-0.15, -0.1) is 0 Å². The number of likely N-dealkylation sites (tertiary alicyclic amines) is 1. The summed E-state index contributed by atoms with van der Waals surface area (Å²) in [6.07, 6.45) is 2.40. The second-order valence-electron chi connectivity index (χ2n) is 6.11. The van der Waals surface area contributed by atoms with Crippen molar-refractivity contribution in [3.8, 4) is 0 Å². The van der Waals surface area contributed by atoms with Gasteiger partial charge in [-0.05, 0) is 49.6 Å². The lowest BCUT2D eigenvalue weighted by Gasteiger charge is -2.30. The Labute approximate surface area is 128 Å². The van der Waals surface area contributed by atoms with Gasteiger partial charge in [0.1, 0.15) is 5.82 Å². The molecule has 0 aliphatic carbocycles. The maximum Gasteiger partial charge on any atom is 0.336 e. The van der Waals surface area contributed by atoms with Crippen molar-refractivity contribution in [1.82, 2.24) is 9.88 Å². The Morgan fingerprint density at radius 3 is 3.00 bits per heavy atom. The largest absolute Gasteiger partial charge is 0.478 e. The van der Waals surface area contributed by atoms with Crippen LogP contribution in [0, 0.1) is 11.7 Å². The van der Waals surface area contributed by atoms with Gasteiger partial charge in [-0.2, -0.15) is 0 Å². The molecular formula is C17H19FN2O2. The minimum Gasteiger partial charge on any atom is -0.478 e. The van der Waals surface area contributed by atoms with Gasteiger partial charge in [0.25, 0.3) is 0 Å². The Hall–Kier alpha value is -2.01. The van der Waals surface area contributed by atoms with Gasteiger partial charge in [0.2, 0.25) is 0 Å². The van der Waals surface area contributed by atoms with Crippen molar-refractivity contribution in [2.45, 2.75) is 26.3 Å². The third-order valence-corrected chi connectivity index (χ3v) is 4.18. The van der Waals surface area contributed by atoms with Gasteiger partial charge < -0.3 is 5.11 Å². The van der Waals surface area contributed by atoms with E-state index in [1.54, 1.807) is 12.1 Å². The molecule has 1 aromatic heterocycles. The van der Waals surface area contributed by atoms with Crippen LogP contribution in [0.5, 0.6) is 0 Å². The summed E-state index contributed by atoms with van der Waals surface area (Å²) >= 11 is 0. The summed E-state index contributed by atoms with van der Waals surface area (Å²) in [7, 11) is 0. The first-order valence-electron chi connectivity index (χ1n) is 7.58. The summed E-state index contributed by atoms with van der Waals surface area (Å²) in [6.45, 7) is 4.88. The maximum atomic E-state index is 13.4. The number of piperidine rings is 1. The van der Waals surface area contributed by atoms with E-state index in [-0.39, 0.29) is 5.56 Å². The molecule has 3 rings (SSSR count). The summed E-state index contributed by atoms with van der Waals surface area (Å²) in [4.78, 5) is 18.3. The molecule has 4 nitrogen and oxygen atoms in total. The number of aromatic carboxylic acids is 1. The summed E-state index contributed by atoms with van der Waals surface area (Å²) < 4.78 is 13.4. The number of benzene rings is 1. The molecule has 1 N–H and O–H groups in total. The summed E-state index contributed by atoms with van der Waals surface area (Å²) in [5, 5.41) is 9.73. The number of fused-ring (bicyclic) bond motifs is 1. The number of pyridine rings is 1. The molecule has 0 radical (unpaired) electrons. The molecule has 116 valence electrons. The van der Waals surface area contributed by atoms with E-state index >= 15 is 0 Å². The fourth-order valence-corrected chi connectivity index (χ4v) is 3.17. The van der Waals surface area contributed by atoms with Crippen molar-refractivity contribution < 1.29 is 14.3 Å². The molecule has 1 aliphatic rings. The molecule has 2 aromatic rings. The van der Waals surface area contributed by atoms with Crippen LogP contribution in [-0.4, -0.2) is 34.0 Å². The predicted octanol–water partition coefficient (Wildman–Crippen LogP) is 3.30. The zero-order valence-electron chi connectivity index (χ0n) is 12.6. The molecule has 0 amide bonds. The number of carbonyl (C=O) groups is 1. The second-order valence-corrected chi connectivity index (χ2v) is 6.11. The lowest BCUT2D eigenvalue weighted by atomic mass is 10.00. The lowest BCUT2D eigenvalue weighted by molar-refractivity contribution is 0.0698. The van der Waals surface area contributed by atoms with E-state index in [0.717, 1.165) is 25.2 Å². The van der Waals surface area contributed by atoms with Gasteiger partial charge in [-0.3, -0.25) is 9.88 Å². The smallest absolute Gasteiger partial charge is 0.336 e. The van der Waals surface area contributed by atoms with Crippen molar-refractivity contribution >= 4 is 16.9 Å². The van der Waals surface area contributed by atoms with Crippen molar-refractivity contribution in [2.75, 3.05) is 13.1 Å². The number of carboxylic acid groups (broad SMARTS) is 1. The fourth-order valence-electron chi connectivity index (χ4n) is 3.17. The van der Waals surface area contributed by atoms with Gasteiger partial charge in [0.15, 0.2) is 0 Å². The highest BCUT2D eigenvalue weighted by Gasteiger charge is 2.18. The first-order valence-corrected chi connectivity index (χ1v) is 7.58. The van der Waals surface area contributed by atoms with Crippen molar-refractivity contribution in [3.63, 3.8) is 0 Å². The van der Waals surface area contributed by atoms with Crippen LogP contribution in [0.15, 0.2) is 24.3 Å². The average molecular weight is 302 g/mol. The minimum absolute atomic E-state index is 0.115. The first kappa shape index (κ1) is 14.9. The normalized spacial score (nSPS) is 19.5. The van der Waals surface area contributed by atoms with Crippen LogP contribution in [0.4, 0.5) is 4.39 Å². The van der Waals surface area contributed by atoms with E-state index in [1.165, 1.54) is 18.6 Å². The SMILES string of the molecule is CC1CCCN(Cc2cc(C(=O)O)c3cc(F)ccc3n2)C1. The third-order valence-electron chi connectivity index (χ3n) is 4.18. The van der Waals surface area contributed by atoms with E-state index in [4.69, 9.17) is 0 Å². The highest BCUT2D eigenvalue weighted by Crippen LogP contribution is 2.22. The number of hydrogen-bond acceptors (Lipinski definition) is 3. The van der Waals surface area contributed by atoms with Crippen molar-refractivity contribution in [2.24, 2.45) is 5.92 Å². The molecule has 0 saturated carbocycles. The molecule has 0 spiro atoms. The molecule has 1 aromatic carbocycles. The lowest BCUT2D eigenvalue weighted by Crippen LogP contribution is -2.34. The second kappa shape index (κ2) is 6.01. The predicted molar refractivity (Wildman–Crippen MR) is 82.3 cm³/mol. The van der Waals surface area contributed by atoms with Crippen molar-refractivity contribution in [3.05, 3.63) is 41.3 Å². The molecule has 2 heterocycles. The Kier molecular flexibility index (Phi) is 4.07. The van der Waals surface area contributed by atoms with Crippen LogP contribution in [0.3, 0.4) is 0 Å². The maximum absolute atomic E-state index is 13.4. The van der Waals surface area contributed by atoms with Gasteiger partial charge in [-0.25, -0.2) is 9.18 Å². The van der Waals surface area contributed by atoms with E-state index < -0.39 is 11.8 Å². The van der Waals surface area contributed by atoms with Crippen molar-refractivity contribution in [1.29, 1.82) is 0 Å². The minimum atomic E-state index is -1.05. The number of rotatable bonds is 3. The van der Waals surface area contributed by atoms with Crippen LogP contribution in [0.1, 0.15) is 35.8 Å². The highest BCUT2D eigenvalue weighted by molar-refractivity contribution is 6.02. The molecule has 1 saturated heterocycles. The van der Waals surface area contributed by atoms with E-state index in [1.807, 2.05) is 0 Å². The molecular weight excluding hydrogens is 283 g/mol. The number of nitrogens with zero attached hydrogens (tertiary/aromatic N) is 2. The zero-order valence-corrected chi connectivity index (χ0v) is 12.6. The summed E-state index contributed by atoms with van der Waals surface area (Å²) in [5.74, 6) is -0.845. The Morgan fingerprint density at radius 2 is 2.27 bits per heavy atom. The number of halogens is 1. The topological polar surface area (TPSA) is 53.4 Å². The monoisotopic (exact) mass is 302 g/mol. The van der Waals surface area contributed by atoms with Gasteiger partial charge >= 0.3 is 5.97 Å². The van der Waals surface area contributed by atoms with E-state index in [2.05, 4.69) is 16.8 Å². The third kappa shape index (κ3) is 3.09. The van der Waals surface area contributed by atoms with Crippen LogP contribution in [0.2, 0.25) is 0 Å². The van der Waals surface area contributed by atoms with E-state index in [0.29, 0.717) is 23.4 Å². The Morgan fingerprint density at radius 1 is 1.45 bits per heavy atom. The summed E-state index contributed by atoms with van der Waals surface area (Å²) in [6, 6.07) is 5.66. The molecule has 22 heavy (non-hydrogen) atoms. The molecule has 1 aliphatic heterocycles. The zero-order chi connectivity index (χ0) is 15.7. The molecule has 5 heteroatoms. The van der Waals surface area contributed by atoms with Crippen LogP contribution >= 0.6 is 0 Å². The van der Waals surface area contributed by atoms with Crippen LogP contribution < -0.4 is 0 Å². The molecule has 1 fully saturated rings. The van der Waals surface area contributed by atoms with E-state index in [9.17, 15) is 14.3 Å². The number of hydrogen-bond donors (Lipinski definition) is 1. The Balaban J connectivity index is 1.96. The van der Waals surface area contributed by atoms with Crippen LogP contribution in [0.25, 0.3) is 10.9 Å². The van der Waals surface area contributed by atoms with Crippen LogP contribution in [-0.2, 0) is 6.54 Å². The van der Waals surface area contributed by atoms with Gasteiger partial charge in [0, 0.05) is 18.5 Å². The first-order chi connectivity index (χ1) is 10.5. The molecule has 1 atom stereocenters. The number of carboxylic acids is 1. The highest BCUT2D eigenvalue weighted by atomic mass is 19.1. The fraction of sp³-hybridized carbons (Fsp3) is 0.412. The molecule has 0 bridgehead atoms. The Bertz CT molecular complexity index is 717. The summed E-state index contributed by atoms with van der Waals surface area (Å²) in [5.41, 5.74) is 1.37. The standard InChI is InChI=1S/C17H19FN2O2/c1-11-3-2-6-20(9-11)10-13-8-15(17(21)22)14-7-12(18)4-5-16(14)19-13/h4-5,7-8,11H,2-3,6,9-10H2,1H3,(H,21,22). The van der Waals surface area contributed by atoms with Gasteiger partial charge in [-0.1, -0.05) is 6.92 Å². The average Bonchev–Trinajstić information content (AvgIpc) is 2.46. The number of aromatic nitrogens is 1. The quantitative estimate of drug-likeness (QED) is 0.945. The molecule has 1 unspecified atom stereocenters.